The van der Waals surface area contributed by atoms with E-state index in [1.807, 2.05) is 32.0 Å². The Bertz CT molecular complexity index is 642. The summed E-state index contributed by atoms with van der Waals surface area (Å²) in [5.74, 6) is -0.515. The minimum absolute atomic E-state index is 0.263. The van der Waals surface area contributed by atoms with Crippen molar-refractivity contribution >= 4 is 5.97 Å². The fourth-order valence-corrected chi connectivity index (χ4v) is 2.24. The first-order chi connectivity index (χ1) is 9.38. The zero-order valence-corrected chi connectivity index (χ0v) is 12.3. The number of hydrogen-bond donors (Lipinski definition) is 1. The van der Waals surface area contributed by atoms with Crippen LogP contribution in [-0.4, -0.2) is 20.9 Å². The fourth-order valence-electron chi connectivity index (χ4n) is 2.24. The Labute approximate surface area is 119 Å². The predicted molar refractivity (Wildman–Crippen MR) is 78.9 cm³/mol. The van der Waals surface area contributed by atoms with E-state index in [9.17, 15) is 9.90 Å². The molecule has 1 N–H and O–H groups in total. The molecule has 0 fully saturated rings. The van der Waals surface area contributed by atoms with E-state index in [4.69, 9.17) is 0 Å². The van der Waals surface area contributed by atoms with E-state index >= 15 is 0 Å². The van der Waals surface area contributed by atoms with Gasteiger partial charge in [0.15, 0.2) is 0 Å². The predicted octanol–water partition coefficient (Wildman–Crippen LogP) is 3.52. The highest BCUT2D eigenvalue weighted by atomic mass is 16.4. The van der Waals surface area contributed by atoms with Crippen molar-refractivity contribution in [3.05, 3.63) is 41.1 Å². The number of hydrogen-bond acceptors (Lipinski definition) is 2. The monoisotopic (exact) mass is 272 g/mol. The second-order valence-electron chi connectivity index (χ2n) is 5.63. The average molecular weight is 272 g/mol. The van der Waals surface area contributed by atoms with Gasteiger partial charge >= 0.3 is 5.97 Å². The minimum atomic E-state index is -0.934. The van der Waals surface area contributed by atoms with Crippen molar-refractivity contribution in [2.45, 2.75) is 34.2 Å². The van der Waals surface area contributed by atoms with Gasteiger partial charge in [0.25, 0.3) is 0 Å². The van der Waals surface area contributed by atoms with Crippen LogP contribution in [0.5, 0.6) is 0 Å². The van der Waals surface area contributed by atoms with E-state index in [1.165, 1.54) is 0 Å². The van der Waals surface area contributed by atoms with Crippen LogP contribution in [0.15, 0.2) is 24.4 Å². The molecule has 1 aromatic heterocycles. The standard InChI is InChI=1S/C16H20N2O2/c1-10(2)8-18-9-14(16(19)20)15(17-18)13-7-11(3)5-6-12(13)4/h5-7,9-10H,8H2,1-4H3,(H,19,20). The average Bonchev–Trinajstić information content (AvgIpc) is 2.75. The molecule has 1 aromatic carbocycles. The first kappa shape index (κ1) is 14.3. The molecule has 2 rings (SSSR count). The van der Waals surface area contributed by atoms with Crippen LogP contribution in [0.3, 0.4) is 0 Å². The van der Waals surface area contributed by atoms with Gasteiger partial charge in [-0.25, -0.2) is 4.79 Å². The van der Waals surface area contributed by atoms with E-state index < -0.39 is 5.97 Å². The molecule has 0 saturated heterocycles. The van der Waals surface area contributed by atoms with Gasteiger partial charge < -0.3 is 5.11 Å². The minimum Gasteiger partial charge on any atom is -0.478 e. The SMILES string of the molecule is Cc1ccc(C)c(-c2nn(CC(C)C)cc2C(=O)O)c1. The Kier molecular flexibility index (Phi) is 3.93. The Morgan fingerprint density at radius 1 is 1.35 bits per heavy atom. The highest BCUT2D eigenvalue weighted by Gasteiger charge is 2.18. The molecule has 0 saturated carbocycles. The number of nitrogens with zero attached hydrogens (tertiary/aromatic N) is 2. The second-order valence-corrected chi connectivity index (χ2v) is 5.63. The zero-order chi connectivity index (χ0) is 14.9. The van der Waals surface area contributed by atoms with E-state index in [-0.39, 0.29) is 5.56 Å². The number of aryl methyl sites for hydroxylation is 2. The largest absolute Gasteiger partial charge is 0.478 e. The summed E-state index contributed by atoms with van der Waals surface area (Å²) in [6, 6.07) is 6.01. The van der Waals surface area contributed by atoms with Crippen LogP contribution in [0.4, 0.5) is 0 Å². The maximum absolute atomic E-state index is 11.4. The van der Waals surface area contributed by atoms with Gasteiger partial charge in [-0.15, -0.1) is 0 Å². The highest BCUT2D eigenvalue weighted by molar-refractivity contribution is 5.95. The van der Waals surface area contributed by atoms with E-state index in [0.717, 1.165) is 16.7 Å². The lowest BCUT2D eigenvalue weighted by Gasteiger charge is -2.06. The molecule has 4 heteroatoms. The van der Waals surface area contributed by atoms with Crippen molar-refractivity contribution in [1.82, 2.24) is 9.78 Å². The summed E-state index contributed by atoms with van der Waals surface area (Å²) < 4.78 is 1.73. The number of carbonyl (C=O) groups is 1. The first-order valence-electron chi connectivity index (χ1n) is 6.77. The van der Waals surface area contributed by atoms with Gasteiger partial charge in [0.1, 0.15) is 11.3 Å². The number of benzene rings is 1. The van der Waals surface area contributed by atoms with Crippen LogP contribution in [0.25, 0.3) is 11.3 Å². The molecular weight excluding hydrogens is 252 g/mol. The summed E-state index contributed by atoms with van der Waals surface area (Å²) in [6.45, 7) is 8.85. The van der Waals surface area contributed by atoms with Crippen LogP contribution in [0.2, 0.25) is 0 Å². The molecule has 0 radical (unpaired) electrons. The van der Waals surface area contributed by atoms with E-state index in [2.05, 4.69) is 18.9 Å². The first-order valence-corrected chi connectivity index (χ1v) is 6.77. The molecule has 0 bridgehead atoms. The molecule has 0 aliphatic carbocycles. The summed E-state index contributed by atoms with van der Waals surface area (Å²) >= 11 is 0. The van der Waals surface area contributed by atoms with Crippen LogP contribution in [-0.2, 0) is 6.54 Å². The molecule has 20 heavy (non-hydrogen) atoms. The molecule has 0 aliphatic rings. The Morgan fingerprint density at radius 2 is 2.05 bits per heavy atom. The molecule has 1 heterocycles. The number of aromatic carboxylic acids is 1. The summed E-state index contributed by atoms with van der Waals surface area (Å²) in [6.07, 6.45) is 1.62. The van der Waals surface area contributed by atoms with Crippen LogP contribution < -0.4 is 0 Å². The molecule has 4 nitrogen and oxygen atoms in total. The third-order valence-electron chi connectivity index (χ3n) is 3.19. The summed E-state index contributed by atoms with van der Waals surface area (Å²) in [5.41, 5.74) is 3.84. The Morgan fingerprint density at radius 3 is 2.65 bits per heavy atom. The van der Waals surface area contributed by atoms with Crippen LogP contribution >= 0.6 is 0 Å². The quantitative estimate of drug-likeness (QED) is 0.926. The van der Waals surface area contributed by atoms with Crippen molar-refractivity contribution in [3.63, 3.8) is 0 Å². The van der Waals surface area contributed by atoms with Gasteiger partial charge in [-0.05, 0) is 31.4 Å². The van der Waals surface area contributed by atoms with Gasteiger partial charge in [0.2, 0.25) is 0 Å². The molecule has 106 valence electrons. The smallest absolute Gasteiger partial charge is 0.339 e. The van der Waals surface area contributed by atoms with E-state index in [1.54, 1.807) is 10.9 Å². The zero-order valence-electron chi connectivity index (χ0n) is 12.3. The summed E-state index contributed by atoms with van der Waals surface area (Å²) in [5, 5.41) is 13.9. The highest BCUT2D eigenvalue weighted by Crippen LogP contribution is 2.27. The van der Waals surface area contributed by atoms with Crippen molar-refractivity contribution in [1.29, 1.82) is 0 Å². The van der Waals surface area contributed by atoms with E-state index in [0.29, 0.717) is 18.2 Å². The maximum Gasteiger partial charge on any atom is 0.339 e. The second kappa shape index (κ2) is 5.49. The number of rotatable bonds is 4. The lowest BCUT2D eigenvalue weighted by Crippen LogP contribution is -2.04. The Hall–Kier alpha value is -2.10. The number of carboxylic acids is 1. The molecular formula is C16H20N2O2. The van der Waals surface area contributed by atoms with Gasteiger partial charge in [-0.1, -0.05) is 31.5 Å². The molecule has 0 aliphatic heterocycles. The maximum atomic E-state index is 11.4. The van der Waals surface area contributed by atoms with Gasteiger partial charge in [0, 0.05) is 18.3 Å². The van der Waals surface area contributed by atoms with Crippen molar-refractivity contribution in [2.75, 3.05) is 0 Å². The Balaban J connectivity index is 2.56. The summed E-state index contributed by atoms with van der Waals surface area (Å²) in [7, 11) is 0. The van der Waals surface area contributed by atoms with Gasteiger partial charge in [0.05, 0.1) is 0 Å². The van der Waals surface area contributed by atoms with Gasteiger partial charge in [-0.3, -0.25) is 4.68 Å². The lowest BCUT2D eigenvalue weighted by atomic mass is 10.0. The van der Waals surface area contributed by atoms with Crippen molar-refractivity contribution in [3.8, 4) is 11.3 Å². The third kappa shape index (κ3) is 2.90. The van der Waals surface area contributed by atoms with Crippen molar-refractivity contribution < 1.29 is 9.90 Å². The molecule has 2 aromatic rings. The third-order valence-corrected chi connectivity index (χ3v) is 3.19. The van der Waals surface area contributed by atoms with Crippen LogP contribution in [0, 0.1) is 19.8 Å². The normalized spacial score (nSPS) is 11.1. The summed E-state index contributed by atoms with van der Waals surface area (Å²) in [4.78, 5) is 11.4. The fraction of sp³-hybridized carbons (Fsp3) is 0.375. The molecule has 0 unspecified atom stereocenters. The lowest BCUT2D eigenvalue weighted by molar-refractivity contribution is 0.0697. The molecule has 0 amide bonds. The number of aromatic nitrogens is 2. The van der Waals surface area contributed by atoms with Gasteiger partial charge in [-0.2, -0.15) is 5.10 Å². The number of carboxylic acid groups (broad SMARTS) is 1. The van der Waals surface area contributed by atoms with Crippen LogP contribution in [0.1, 0.15) is 35.3 Å². The molecule has 0 spiro atoms. The molecule has 0 atom stereocenters. The van der Waals surface area contributed by atoms with Crippen molar-refractivity contribution in [2.24, 2.45) is 5.92 Å². The topological polar surface area (TPSA) is 55.1 Å².